The number of benzene rings is 2. The van der Waals surface area contributed by atoms with E-state index in [4.69, 9.17) is 25.4 Å². The maximum atomic E-state index is 14.4. The number of hydrogen-bond acceptors (Lipinski definition) is 7. The first-order chi connectivity index (χ1) is 18.9. The number of fused-ring (bicyclic) bond motifs is 1. The van der Waals surface area contributed by atoms with E-state index in [-0.39, 0.29) is 30.6 Å². The Morgan fingerprint density at radius 3 is 2.17 bits per heavy atom. The molecule has 4 atom stereocenters. The van der Waals surface area contributed by atoms with Gasteiger partial charge in [0.05, 0.1) is 11.0 Å². The van der Waals surface area contributed by atoms with E-state index in [0.29, 0.717) is 16.5 Å². The molecule has 0 bridgehead atoms. The van der Waals surface area contributed by atoms with Gasteiger partial charge in [-0.25, -0.2) is 4.79 Å². The lowest BCUT2D eigenvalue weighted by Crippen LogP contribution is -2.59. The maximum Gasteiger partial charge on any atom is 0.398 e. The SMILES string of the molecule is CC(C)(N)CC(C)(C(=O)OC1CCC(Oc2ccc3cc(-c4ccccc4)c(=O)oc3c2)C1C(F)(F)F)C(C)(C)N. The fourth-order valence-electron chi connectivity index (χ4n) is 5.51. The number of ether oxygens (including phenoxy) is 2. The molecule has 1 saturated carbocycles. The molecule has 4 N–H and O–H groups in total. The van der Waals surface area contributed by atoms with Crippen molar-refractivity contribution < 1.29 is 31.9 Å². The molecule has 3 aromatic rings. The van der Waals surface area contributed by atoms with Gasteiger partial charge in [-0.2, -0.15) is 13.2 Å². The number of nitrogens with two attached hydrogens (primary N) is 2. The quantitative estimate of drug-likeness (QED) is 0.252. The highest BCUT2D eigenvalue weighted by molar-refractivity contribution is 5.82. The lowest BCUT2D eigenvalue weighted by atomic mass is 9.67. The topological polar surface area (TPSA) is 118 Å². The number of esters is 1. The number of hydrogen-bond donors (Lipinski definition) is 2. The summed E-state index contributed by atoms with van der Waals surface area (Å²) in [5.74, 6) is -2.78. The molecule has 7 nitrogen and oxygen atoms in total. The Kier molecular flexibility index (Phi) is 8.05. The van der Waals surface area contributed by atoms with E-state index < -0.39 is 52.4 Å². The smallest absolute Gasteiger partial charge is 0.398 e. The summed E-state index contributed by atoms with van der Waals surface area (Å²) in [4.78, 5) is 26.0. The maximum absolute atomic E-state index is 14.4. The van der Waals surface area contributed by atoms with Gasteiger partial charge in [-0.05, 0) is 77.6 Å². The van der Waals surface area contributed by atoms with Gasteiger partial charge < -0.3 is 25.4 Å². The molecule has 0 amide bonds. The summed E-state index contributed by atoms with van der Waals surface area (Å²) in [6, 6.07) is 15.2. The zero-order valence-corrected chi connectivity index (χ0v) is 23.9. The Morgan fingerprint density at radius 2 is 1.59 bits per heavy atom. The first-order valence-electron chi connectivity index (χ1n) is 13.5. The van der Waals surface area contributed by atoms with Gasteiger partial charge in [0.1, 0.15) is 29.5 Å². The van der Waals surface area contributed by atoms with Crippen LogP contribution in [-0.2, 0) is 9.53 Å². The van der Waals surface area contributed by atoms with E-state index in [1.54, 1.807) is 71.0 Å². The molecule has 1 aliphatic carbocycles. The van der Waals surface area contributed by atoms with Crippen LogP contribution in [0.2, 0.25) is 0 Å². The van der Waals surface area contributed by atoms with Crippen molar-refractivity contribution in [1.82, 2.24) is 0 Å². The third-order valence-corrected chi connectivity index (χ3v) is 7.93. The summed E-state index contributed by atoms with van der Waals surface area (Å²) >= 11 is 0. The lowest BCUT2D eigenvalue weighted by molar-refractivity contribution is -0.219. The molecule has 0 radical (unpaired) electrons. The molecule has 10 heteroatoms. The highest BCUT2D eigenvalue weighted by atomic mass is 19.4. The standard InChI is InChI=1S/C31H37F3N2O5/c1-28(2,35)17-30(5,29(3,4)36)27(38)41-23-14-13-22(25(23)31(32,33)34)39-20-12-11-19-15-21(18-9-7-6-8-10-18)26(37)40-24(19)16-20/h6-12,15-16,22-23,25H,13-14,17,35-36H2,1-5H3. The van der Waals surface area contributed by atoms with Crippen molar-refractivity contribution in [3.8, 4) is 16.9 Å². The van der Waals surface area contributed by atoms with Crippen LogP contribution in [0.5, 0.6) is 5.75 Å². The molecule has 1 aromatic heterocycles. The molecule has 0 spiro atoms. The van der Waals surface area contributed by atoms with Gasteiger partial charge in [-0.15, -0.1) is 0 Å². The monoisotopic (exact) mass is 574 g/mol. The molecule has 4 unspecified atom stereocenters. The van der Waals surface area contributed by atoms with Crippen molar-refractivity contribution in [2.24, 2.45) is 22.8 Å². The Bertz CT molecular complexity index is 1460. The number of rotatable bonds is 8. The minimum atomic E-state index is -4.71. The van der Waals surface area contributed by atoms with Crippen molar-refractivity contribution >= 4 is 16.9 Å². The predicted octanol–water partition coefficient (Wildman–Crippen LogP) is 5.96. The average Bonchev–Trinajstić information content (AvgIpc) is 3.24. The van der Waals surface area contributed by atoms with Crippen LogP contribution in [0.25, 0.3) is 22.1 Å². The van der Waals surface area contributed by atoms with Crippen molar-refractivity contribution in [3.63, 3.8) is 0 Å². The van der Waals surface area contributed by atoms with Gasteiger partial charge in [0.2, 0.25) is 0 Å². The minimum Gasteiger partial charge on any atom is -0.489 e. The molecule has 1 aliphatic rings. The zero-order chi connectivity index (χ0) is 30.4. The van der Waals surface area contributed by atoms with E-state index in [0.717, 1.165) is 0 Å². The molecular weight excluding hydrogens is 537 g/mol. The minimum absolute atomic E-state index is 0.00215. The van der Waals surface area contributed by atoms with Crippen LogP contribution in [0.15, 0.2) is 63.8 Å². The van der Waals surface area contributed by atoms with Gasteiger partial charge in [-0.3, -0.25) is 4.79 Å². The molecule has 1 fully saturated rings. The zero-order valence-electron chi connectivity index (χ0n) is 23.9. The van der Waals surface area contributed by atoms with Gasteiger partial charge in [0, 0.05) is 22.5 Å². The molecule has 4 rings (SSSR count). The van der Waals surface area contributed by atoms with Crippen LogP contribution in [0, 0.1) is 11.3 Å². The van der Waals surface area contributed by atoms with E-state index in [1.807, 2.05) is 6.07 Å². The third-order valence-electron chi connectivity index (χ3n) is 7.93. The highest BCUT2D eigenvalue weighted by Crippen LogP contribution is 2.45. The predicted molar refractivity (Wildman–Crippen MR) is 150 cm³/mol. The van der Waals surface area contributed by atoms with Crippen LogP contribution in [0.4, 0.5) is 13.2 Å². The summed E-state index contributed by atoms with van der Waals surface area (Å²) < 4.78 is 59.9. The van der Waals surface area contributed by atoms with E-state index in [9.17, 15) is 22.8 Å². The normalized spacial score (nSPS) is 21.5. The highest BCUT2D eigenvalue weighted by Gasteiger charge is 2.57. The Balaban J connectivity index is 1.57. The van der Waals surface area contributed by atoms with Crippen LogP contribution in [0.3, 0.4) is 0 Å². The summed E-state index contributed by atoms with van der Waals surface area (Å²) in [7, 11) is 0. The Hall–Kier alpha value is -3.37. The molecule has 1 heterocycles. The van der Waals surface area contributed by atoms with Crippen molar-refractivity contribution in [3.05, 3.63) is 65.0 Å². The number of halogens is 3. The van der Waals surface area contributed by atoms with Gasteiger partial charge in [0.15, 0.2) is 0 Å². The largest absolute Gasteiger partial charge is 0.489 e. The fourth-order valence-corrected chi connectivity index (χ4v) is 5.51. The van der Waals surface area contributed by atoms with Crippen LogP contribution >= 0.6 is 0 Å². The molecule has 222 valence electrons. The molecular formula is C31H37F3N2O5. The Labute approximate surface area is 237 Å². The van der Waals surface area contributed by atoms with Crippen LogP contribution in [0.1, 0.15) is 53.9 Å². The fraction of sp³-hybridized carbons (Fsp3) is 0.484. The number of carbonyl (C=O) groups is 1. The van der Waals surface area contributed by atoms with E-state index in [1.165, 1.54) is 12.1 Å². The second kappa shape index (κ2) is 10.8. The van der Waals surface area contributed by atoms with Crippen LogP contribution in [-0.4, -0.2) is 35.4 Å². The van der Waals surface area contributed by atoms with Crippen LogP contribution < -0.4 is 21.8 Å². The number of carbonyl (C=O) groups excluding carboxylic acids is 1. The molecule has 0 saturated heterocycles. The number of alkyl halides is 3. The van der Waals surface area contributed by atoms with Crippen molar-refractivity contribution in [2.45, 2.75) is 83.3 Å². The lowest BCUT2D eigenvalue weighted by Gasteiger charge is -2.43. The summed E-state index contributed by atoms with van der Waals surface area (Å²) in [5.41, 5.74) is 9.87. The average molecular weight is 575 g/mol. The van der Waals surface area contributed by atoms with Crippen molar-refractivity contribution in [2.75, 3.05) is 0 Å². The van der Waals surface area contributed by atoms with E-state index in [2.05, 4.69) is 0 Å². The summed E-state index contributed by atoms with van der Waals surface area (Å²) in [6.45, 7) is 8.26. The Morgan fingerprint density at radius 1 is 0.951 bits per heavy atom. The summed E-state index contributed by atoms with van der Waals surface area (Å²) in [6.07, 6.45) is -7.41. The van der Waals surface area contributed by atoms with Crippen molar-refractivity contribution in [1.29, 1.82) is 0 Å². The van der Waals surface area contributed by atoms with E-state index >= 15 is 0 Å². The molecule has 41 heavy (non-hydrogen) atoms. The third kappa shape index (κ3) is 6.59. The van der Waals surface area contributed by atoms with Gasteiger partial charge in [0.25, 0.3) is 0 Å². The summed E-state index contributed by atoms with van der Waals surface area (Å²) in [5, 5.41) is 0.591. The first kappa shape index (κ1) is 30.6. The second-order valence-corrected chi connectivity index (χ2v) is 12.5. The first-order valence-corrected chi connectivity index (χ1v) is 13.5. The molecule has 2 aromatic carbocycles. The van der Waals surface area contributed by atoms with Gasteiger partial charge >= 0.3 is 17.8 Å². The van der Waals surface area contributed by atoms with Gasteiger partial charge in [-0.1, -0.05) is 30.3 Å². The second-order valence-electron chi connectivity index (χ2n) is 12.5. The molecule has 0 aliphatic heterocycles.